The summed E-state index contributed by atoms with van der Waals surface area (Å²) < 4.78 is 11.2. The van der Waals surface area contributed by atoms with Gasteiger partial charge in [0.05, 0.1) is 13.2 Å². The lowest BCUT2D eigenvalue weighted by molar-refractivity contribution is 0.0336. The van der Waals surface area contributed by atoms with Crippen molar-refractivity contribution in [2.75, 3.05) is 39.9 Å². The molecule has 6 heteroatoms. The minimum Gasteiger partial charge on any atom is -0.497 e. The highest BCUT2D eigenvalue weighted by Crippen LogP contribution is 2.24. The number of aliphatic hydroxyl groups is 2. The molecular formula is C21H36N2O4. The number of benzene rings is 1. The van der Waals surface area contributed by atoms with Crippen molar-refractivity contribution in [2.45, 2.75) is 51.9 Å². The fourth-order valence-corrected chi connectivity index (χ4v) is 3.21. The van der Waals surface area contributed by atoms with Crippen molar-refractivity contribution in [1.29, 1.82) is 0 Å². The molecule has 1 aromatic rings. The first-order valence-electron chi connectivity index (χ1n) is 10.1. The van der Waals surface area contributed by atoms with E-state index in [1.807, 2.05) is 18.2 Å². The number of ether oxygens (including phenoxy) is 2. The molecular weight excluding hydrogens is 344 g/mol. The summed E-state index contributed by atoms with van der Waals surface area (Å²) in [6.45, 7) is 8.57. The van der Waals surface area contributed by atoms with E-state index in [4.69, 9.17) is 9.47 Å². The van der Waals surface area contributed by atoms with Crippen molar-refractivity contribution in [3.63, 3.8) is 0 Å². The molecule has 6 nitrogen and oxygen atoms in total. The van der Waals surface area contributed by atoms with E-state index in [2.05, 4.69) is 24.1 Å². The lowest BCUT2D eigenvalue weighted by Gasteiger charge is -2.31. The topological polar surface area (TPSA) is 74.2 Å². The highest BCUT2D eigenvalue weighted by Gasteiger charge is 2.19. The number of hydrogen-bond acceptors (Lipinski definition) is 6. The fraction of sp³-hybridized carbons (Fsp3) is 0.714. The van der Waals surface area contributed by atoms with Gasteiger partial charge >= 0.3 is 0 Å². The molecule has 0 aromatic heterocycles. The van der Waals surface area contributed by atoms with Crippen molar-refractivity contribution in [2.24, 2.45) is 5.92 Å². The number of nitrogens with one attached hydrogen (secondary N) is 1. The van der Waals surface area contributed by atoms with Gasteiger partial charge in [-0.3, -0.25) is 0 Å². The zero-order valence-corrected chi connectivity index (χ0v) is 17.0. The van der Waals surface area contributed by atoms with Crippen LogP contribution in [0.5, 0.6) is 11.5 Å². The van der Waals surface area contributed by atoms with Crippen molar-refractivity contribution in [3.8, 4) is 11.5 Å². The SMILES string of the molecule is COc1ccc(OCC(O)CN2CCC(O)CC2)c(CNCCC(C)C)c1. The molecule has 1 atom stereocenters. The van der Waals surface area contributed by atoms with Crippen LogP contribution in [0.3, 0.4) is 0 Å². The molecule has 3 N–H and O–H groups in total. The zero-order valence-electron chi connectivity index (χ0n) is 17.0. The van der Waals surface area contributed by atoms with Crippen LogP contribution in [0.25, 0.3) is 0 Å². The van der Waals surface area contributed by atoms with Gasteiger partial charge in [0.25, 0.3) is 0 Å². The molecule has 0 bridgehead atoms. The molecule has 27 heavy (non-hydrogen) atoms. The lowest BCUT2D eigenvalue weighted by Crippen LogP contribution is -2.41. The summed E-state index contributed by atoms with van der Waals surface area (Å²) in [5.41, 5.74) is 1.03. The summed E-state index contributed by atoms with van der Waals surface area (Å²) in [6.07, 6.45) is 1.93. The molecule has 2 rings (SSSR count). The van der Waals surface area contributed by atoms with E-state index in [1.165, 1.54) is 0 Å². The molecule has 154 valence electrons. The molecule has 1 saturated heterocycles. The number of aliphatic hydroxyl groups excluding tert-OH is 2. The predicted octanol–water partition coefficient (Wildman–Crippen LogP) is 2.03. The van der Waals surface area contributed by atoms with Crippen LogP contribution >= 0.6 is 0 Å². The van der Waals surface area contributed by atoms with Crippen molar-refractivity contribution >= 4 is 0 Å². The third-order valence-electron chi connectivity index (χ3n) is 4.94. The van der Waals surface area contributed by atoms with Crippen LogP contribution in [-0.2, 0) is 6.54 Å². The Labute approximate surface area is 163 Å². The highest BCUT2D eigenvalue weighted by atomic mass is 16.5. The summed E-state index contributed by atoms with van der Waals surface area (Å²) in [7, 11) is 1.66. The minimum absolute atomic E-state index is 0.195. The molecule has 0 spiro atoms. The molecule has 1 aromatic carbocycles. The van der Waals surface area contributed by atoms with Gasteiger partial charge in [-0.25, -0.2) is 0 Å². The molecule has 1 aliphatic rings. The molecule has 1 unspecified atom stereocenters. The Morgan fingerprint density at radius 2 is 2.00 bits per heavy atom. The monoisotopic (exact) mass is 380 g/mol. The van der Waals surface area contributed by atoms with Gasteiger partial charge in [0.1, 0.15) is 24.2 Å². The van der Waals surface area contributed by atoms with Crippen molar-refractivity contribution < 1.29 is 19.7 Å². The zero-order chi connectivity index (χ0) is 19.6. The first-order chi connectivity index (χ1) is 13.0. The minimum atomic E-state index is -0.552. The van der Waals surface area contributed by atoms with E-state index in [-0.39, 0.29) is 12.7 Å². The first kappa shape index (κ1) is 22.0. The van der Waals surface area contributed by atoms with Crippen LogP contribution in [0.15, 0.2) is 18.2 Å². The van der Waals surface area contributed by atoms with Gasteiger partial charge in [0.2, 0.25) is 0 Å². The number of β-amino-alcohol motifs (C(OH)–C–C–N with tert-alkyl or cyclic N) is 1. The Kier molecular flexibility index (Phi) is 9.34. The summed E-state index contributed by atoms with van der Waals surface area (Å²) >= 11 is 0. The Bertz CT molecular complexity index is 545. The number of piperidine rings is 1. The molecule has 0 amide bonds. The predicted molar refractivity (Wildman–Crippen MR) is 107 cm³/mol. The molecule has 1 fully saturated rings. The van der Waals surface area contributed by atoms with E-state index >= 15 is 0 Å². The average Bonchev–Trinajstić information content (AvgIpc) is 2.65. The summed E-state index contributed by atoms with van der Waals surface area (Å²) in [5, 5.41) is 23.4. The van der Waals surface area contributed by atoms with E-state index in [9.17, 15) is 10.2 Å². The van der Waals surface area contributed by atoms with Crippen LogP contribution in [0.4, 0.5) is 0 Å². The van der Waals surface area contributed by atoms with E-state index in [0.717, 1.165) is 56.0 Å². The van der Waals surface area contributed by atoms with Gasteiger partial charge in [0.15, 0.2) is 0 Å². The second kappa shape index (κ2) is 11.5. The third-order valence-corrected chi connectivity index (χ3v) is 4.94. The number of likely N-dealkylation sites (tertiary alicyclic amines) is 1. The number of nitrogens with zero attached hydrogens (tertiary/aromatic N) is 1. The van der Waals surface area contributed by atoms with Crippen LogP contribution < -0.4 is 14.8 Å². The van der Waals surface area contributed by atoms with E-state index in [1.54, 1.807) is 7.11 Å². The average molecular weight is 381 g/mol. The Hall–Kier alpha value is -1.34. The second-order valence-electron chi connectivity index (χ2n) is 7.83. The van der Waals surface area contributed by atoms with Crippen molar-refractivity contribution in [3.05, 3.63) is 23.8 Å². The summed E-state index contributed by atoms with van der Waals surface area (Å²) in [4.78, 5) is 2.18. The van der Waals surface area contributed by atoms with Gasteiger partial charge < -0.3 is 29.9 Å². The smallest absolute Gasteiger partial charge is 0.124 e. The number of hydrogen-bond donors (Lipinski definition) is 3. The maximum Gasteiger partial charge on any atom is 0.124 e. The molecule has 1 aliphatic heterocycles. The van der Waals surface area contributed by atoms with Crippen LogP contribution in [0.2, 0.25) is 0 Å². The van der Waals surface area contributed by atoms with Crippen LogP contribution in [0, 0.1) is 5.92 Å². The summed E-state index contributed by atoms with van der Waals surface area (Å²) in [5.74, 6) is 2.25. The highest BCUT2D eigenvalue weighted by molar-refractivity contribution is 5.40. The van der Waals surface area contributed by atoms with Gasteiger partial charge in [-0.15, -0.1) is 0 Å². The number of methoxy groups -OCH3 is 1. The molecule has 0 aliphatic carbocycles. The van der Waals surface area contributed by atoms with E-state index in [0.29, 0.717) is 19.0 Å². The number of rotatable bonds is 11. The Morgan fingerprint density at radius 1 is 1.26 bits per heavy atom. The Balaban J connectivity index is 1.84. The lowest BCUT2D eigenvalue weighted by atomic mass is 10.1. The largest absolute Gasteiger partial charge is 0.497 e. The maximum atomic E-state index is 10.3. The van der Waals surface area contributed by atoms with E-state index < -0.39 is 6.10 Å². The van der Waals surface area contributed by atoms with Gasteiger partial charge in [-0.2, -0.15) is 0 Å². The summed E-state index contributed by atoms with van der Waals surface area (Å²) in [6, 6.07) is 5.77. The second-order valence-corrected chi connectivity index (χ2v) is 7.83. The van der Waals surface area contributed by atoms with Crippen molar-refractivity contribution in [1.82, 2.24) is 10.2 Å². The van der Waals surface area contributed by atoms with Crippen LogP contribution in [-0.4, -0.2) is 67.2 Å². The first-order valence-corrected chi connectivity index (χ1v) is 10.1. The standard InChI is InChI=1S/C21H36N2O4/c1-16(2)6-9-22-13-17-12-20(26-3)4-5-21(17)27-15-19(25)14-23-10-7-18(24)8-11-23/h4-5,12,16,18-19,22,24-25H,6-11,13-15H2,1-3H3. The maximum absolute atomic E-state index is 10.3. The third kappa shape index (κ3) is 8.05. The van der Waals surface area contributed by atoms with Gasteiger partial charge in [0, 0.05) is 31.7 Å². The quantitative estimate of drug-likeness (QED) is 0.510. The Morgan fingerprint density at radius 3 is 2.67 bits per heavy atom. The van der Waals surface area contributed by atoms with Gasteiger partial charge in [-0.1, -0.05) is 13.8 Å². The normalized spacial score (nSPS) is 17.3. The molecule has 0 saturated carbocycles. The molecule has 0 radical (unpaired) electrons. The molecule has 1 heterocycles. The van der Waals surface area contributed by atoms with Crippen LogP contribution in [0.1, 0.15) is 38.7 Å². The fourth-order valence-electron chi connectivity index (χ4n) is 3.21. The van der Waals surface area contributed by atoms with Gasteiger partial charge in [-0.05, 0) is 49.9 Å².